The Morgan fingerprint density at radius 2 is 1.89 bits per heavy atom. The van der Waals surface area contributed by atoms with Crippen molar-refractivity contribution in [3.05, 3.63) is 0 Å². The molecule has 2 fully saturated rings. The highest BCUT2D eigenvalue weighted by molar-refractivity contribution is 4.87. The Morgan fingerprint density at radius 1 is 1.28 bits per heavy atom. The quantitative estimate of drug-likeness (QED) is 0.761. The number of nitrogens with one attached hydrogen (secondary N) is 1. The molecule has 4 heteroatoms. The maximum absolute atomic E-state index is 10.5. The fourth-order valence-corrected chi connectivity index (χ4v) is 3.30. The van der Waals surface area contributed by atoms with Gasteiger partial charge in [-0.25, -0.2) is 0 Å². The Morgan fingerprint density at radius 3 is 2.50 bits per heavy atom. The van der Waals surface area contributed by atoms with Crippen LogP contribution in [0.3, 0.4) is 0 Å². The molecular formula is C14H29N3O. The molecular weight excluding hydrogens is 226 g/mol. The molecule has 0 aromatic heterocycles. The number of hydrogen-bond acceptors (Lipinski definition) is 4. The lowest BCUT2D eigenvalue weighted by atomic mass is 9.91. The van der Waals surface area contributed by atoms with E-state index in [1.54, 1.807) is 0 Å². The first-order valence-electron chi connectivity index (χ1n) is 7.38. The van der Waals surface area contributed by atoms with Gasteiger partial charge in [-0.3, -0.25) is 0 Å². The molecule has 0 radical (unpaired) electrons. The second kappa shape index (κ2) is 6.33. The van der Waals surface area contributed by atoms with E-state index >= 15 is 0 Å². The van der Waals surface area contributed by atoms with E-state index in [1.807, 2.05) is 0 Å². The lowest BCUT2D eigenvalue weighted by Gasteiger charge is -2.38. The molecule has 0 unspecified atom stereocenters. The molecule has 0 aromatic rings. The minimum absolute atomic E-state index is 0.453. The third-order valence-electron chi connectivity index (χ3n) is 4.51. The van der Waals surface area contributed by atoms with Gasteiger partial charge in [0.25, 0.3) is 0 Å². The zero-order valence-corrected chi connectivity index (χ0v) is 12.0. The Kier molecular flexibility index (Phi) is 5.01. The molecule has 2 N–H and O–H groups in total. The molecule has 0 amide bonds. The average Bonchev–Trinajstić information content (AvgIpc) is 2.32. The van der Waals surface area contributed by atoms with Crippen molar-refractivity contribution in [1.29, 1.82) is 0 Å². The van der Waals surface area contributed by atoms with Gasteiger partial charge in [-0.15, -0.1) is 0 Å². The van der Waals surface area contributed by atoms with E-state index in [4.69, 9.17) is 0 Å². The van der Waals surface area contributed by atoms with E-state index in [1.165, 1.54) is 25.9 Å². The van der Waals surface area contributed by atoms with Crippen LogP contribution in [0.25, 0.3) is 0 Å². The molecule has 0 aliphatic carbocycles. The van der Waals surface area contributed by atoms with Crippen LogP contribution in [0.5, 0.6) is 0 Å². The van der Waals surface area contributed by atoms with Crippen LogP contribution < -0.4 is 5.32 Å². The molecule has 4 nitrogen and oxygen atoms in total. The molecule has 2 aliphatic heterocycles. The van der Waals surface area contributed by atoms with E-state index < -0.39 is 5.60 Å². The summed E-state index contributed by atoms with van der Waals surface area (Å²) in [6.07, 6.45) is 4.40. The van der Waals surface area contributed by atoms with Crippen molar-refractivity contribution in [1.82, 2.24) is 15.1 Å². The third-order valence-corrected chi connectivity index (χ3v) is 4.51. The van der Waals surface area contributed by atoms with Crippen LogP contribution in [-0.4, -0.2) is 73.9 Å². The summed E-state index contributed by atoms with van der Waals surface area (Å²) >= 11 is 0. The highest BCUT2D eigenvalue weighted by Gasteiger charge is 2.31. The molecule has 0 aromatic carbocycles. The third kappa shape index (κ3) is 4.19. The number of aliphatic hydroxyl groups is 1. The van der Waals surface area contributed by atoms with Crippen molar-refractivity contribution in [3.8, 4) is 0 Å². The molecule has 0 saturated carbocycles. The number of nitrogens with zero attached hydrogens (tertiary/aromatic N) is 2. The first-order valence-corrected chi connectivity index (χ1v) is 7.38. The summed E-state index contributed by atoms with van der Waals surface area (Å²) in [5.74, 6) is 0.816. The molecule has 0 atom stereocenters. The van der Waals surface area contributed by atoms with Crippen LogP contribution in [0.4, 0.5) is 0 Å². The Bertz CT molecular complexity index is 245. The largest absolute Gasteiger partial charge is 0.388 e. The summed E-state index contributed by atoms with van der Waals surface area (Å²) in [4.78, 5) is 4.76. The SMILES string of the molecule is CN1CCC(CN(C)CC2(O)CCNCC2)CC1. The molecule has 2 saturated heterocycles. The van der Waals surface area contributed by atoms with Crippen LogP contribution in [0.2, 0.25) is 0 Å². The number of likely N-dealkylation sites (N-methyl/N-ethyl adjacent to an activating group) is 1. The lowest BCUT2D eigenvalue weighted by Crippen LogP contribution is -2.50. The summed E-state index contributed by atoms with van der Waals surface area (Å²) in [7, 11) is 4.37. The van der Waals surface area contributed by atoms with E-state index in [2.05, 4.69) is 29.2 Å². The monoisotopic (exact) mass is 255 g/mol. The van der Waals surface area contributed by atoms with Crippen molar-refractivity contribution in [2.75, 3.05) is 53.4 Å². The summed E-state index contributed by atoms with van der Waals surface area (Å²) < 4.78 is 0. The highest BCUT2D eigenvalue weighted by Crippen LogP contribution is 2.21. The van der Waals surface area contributed by atoms with E-state index in [0.717, 1.165) is 44.9 Å². The first kappa shape index (κ1) is 14.3. The van der Waals surface area contributed by atoms with Gasteiger partial charge in [-0.05, 0) is 71.9 Å². The molecule has 0 bridgehead atoms. The van der Waals surface area contributed by atoms with Gasteiger partial charge in [-0.2, -0.15) is 0 Å². The highest BCUT2D eigenvalue weighted by atomic mass is 16.3. The van der Waals surface area contributed by atoms with Crippen molar-refractivity contribution < 1.29 is 5.11 Å². The Balaban J connectivity index is 1.72. The standard InChI is InChI=1S/C14H29N3O/c1-16-9-3-13(4-10-16)11-17(2)12-14(18)5-7-15-8-6-14/h13,15,18H,3-12H2,1-2H3. The average molecular weight is 255 g/mol. The Labute approximate surface area is 111 Å². The maximum atomic E-state index is 10.5. The molecule has 0 spiro atoms. The summed E-state index contributed by atoms with van der Waals surface area (Å²) in [5.41, 5.74) is -0.453. The minimum atomic E-state index is -0.453. The van der Waals surface area contributed by atoms with Crippen molar-refractivity contribution >= 4 is 0 Å². The number of likely N-dealkylation sites (tertiary alicyclic amines) is 1. The smallest absolute Gasteiger partial charge is 0.0798 e. The Hall–Kier alpha value is -0.160. The second-order valence-electron chi connectivity index (χ2n) is 6.42. The predicted molar refractivity (Wildman–Crippen MR) is 74.8 cm³/mol. The van der Waals surface area contributed by atoms with Crippen LogP contribution in [0.15, 0.2) is 0 Å². The van der Waals surface area contributed by atoms with Gasteiger partial charge in [0.05, 0.1) is 5.60 Å². The predicted octanol–water partition coefficient (Wildman–Crippen LogP) is 0.375. The van der Waals surface area contributed by atoms with E-state index in [0.29, 0.717) is 0 Å². The van der Waals surface area contributed by atoms with Crippen LogP contribution >= 0.6 is 0 Å². The summed E-state index contributed by atoms with van der Waals surface area (Å²) in [6.45, 7) is 6.35. The topological polar surface area (TPSA) is 38.7 Å². The van der Waals surface area contributed by atoms with Crippen molar-refractivity contribution in [3.63, 3.8) is 0 Å². The molecule has 2 rings (SSSR count). The van der Waals surface area contributed by atoms with Crippen molar-refractivity contribution in [2.24, 2.45) is 5.92 Å². The fourth-order valence-electron chi connectivity index (χ4n) is 3.30. The minimum Gasteiger partial charge on any atom is -0.388 e. The zero-order valence-electron chi connectivity index (χ0n) is 12.0. The zero-order chi connectivity index (χ0) is 13.0. The fraction of sp³-hybridized carbons (Fsp3) is 1.00. The van der Waals surface area contributed by atoms with Crippen LogP contribution in [0, 0.1) is 5.92 Å². The maximum Gasteiger partial charge on any atom is 0.0798 e. The van der Waals surface area contributed by atoms with Crippen molar-refractivity contribution in [2.45, 2.75) is 31.3 Å². The molecule has 18 heavy (non-hydrogen) atoms. The van der Waals surface area contributed by atoms with Gasteiger partial charge in [0.2, 0.25) is 0 Å². The van der Waals surface area contributed by atoms with E-state index in [-0.39, 0.29) is 0 Å². The molecule has 2 heterocycles. The van der Waals surface area contributed by atoms with Gasteiger partial charge >= 0.3 is 0 Å². The van der Waals surface area contributed by atoms with Gasteiger partial charge in [-0.1, -0.05) is 0 Å². The van der Waals surface area contributed by atoms with Gasteiger partial charge < -0.3 is 20.2 Å². The lowest BCUT2D eigenvalue weighted by molar-refractivity contribution is -0.0194. The number of hydrogen-bond donors (Lipinski definition) is 2. The van der Waals surface area contributed by atoms with E-state index in [9.17, 15) is 5.11 Å². The van der Waals surface area contributed by atoms with Crippen LogP contribution in [0.1, 0.15) is 25.7 Å². The van der Waals surface area contributed by atoms with Gasteiger partial charge in [0, 0.05) is 13.1 Å². The first-order chi connectivity index (χ1) is 8.57. The normalized spacial score (nSPS) is 26.7. The number of rotatable bonds is 4. The van der Waals surface area contributed by atoms with Gasteiger partial charge in [0.1, 0.15) is 0 Å². The molecule has 106 valence electrons. The second-order valence-corrected chi connectivity index (χ2v) is 6.42. The summed E-state index contributed by atoms with van der Waals surface area (Å²) in [5, 5.41) is 13.8. The summed E-state index contributed by atoms with van der Waals surface area (Å²) in [6, 6.07) is 0. The van der Waals surface area contributed by atoms with Crippen LogP contribution in [-0.2, 0) is 0 Å². The molecule has 2 aliphatic rings. The van der Waals surface area contributed by atoms with Gasteiger partial charge in [0.15, 0.2) is 0 Å². The number of piperidine rings is 2.